The van der Waals surface area contributed by atoms with Gasteiger partial charge in [-0.3, -0.25) is 0 Å². The van der Waals surface area contributed by atoms with Crippen molar-refractivity contribution in [1.29, 1.82) is 0 Å². The molecule has 3 nitrogen and oxygen atoms in total. The topological polar surface area (TPSA) is 54.4 Å². The standard InChI is InChI=1S/C11H16O3S/c1-9(12)8-10(2)15(13,14)11-6-4-3-5-7-11/h3-7,9-10,12H,8H2,1-2H3/t9-,10?/m0/s1. The highest BCUT2D eigenvalue weighted by atomic mass is 32.2. The second-order valence-corrected chi connectivity index (χ2v) is 6.12. The van der Waals surface area contributed by atoms with E-state index in [2.05, 4.69) is 0 Å². The fourth-order valence-corrected chi connectivity index (χ4v) is 2.98. The molecule has 84 valence electrons. The van der Waals surface area contributed by atoms with Gasteiger partial charge >= 0.3 is 0 Å². The van der Waals surface area contributed by atoms with E-state index in [1.165, 1.54) is 0 Å². The lowest BCUT2D eigenvalue weighted by Crippen LogP contribution is -2.22. The van der Waals surface area contributed by atoms with Crippen LogP contribution in [0.2, 0.25) is 0 Å². The van der Waals surface area contributed by atoms with Crippen molar-refractivity contribution in [2.75, 3.05) is 0 Å². The maximum Gasteiger partial charge on any atom is 0.181 e. The molecule has 0 aliphatic heterocycles. The van der Waals surface area contributed by atoms with E-state index in [1.807, 2.05) is 0 Å². The lowest BCUT2D eigenvalue weighted by Gasteiger charge is -2.14. The Labute approximate surface area is 90.7 Å². The Morgan fingerprint density at radius 3 is 2.20 bits per heavy atom. The first-order valence-electron chi connectivity index (χ1n) is 4.91. The highest BCUT2D eigenvalue weighted by molar-refractivity contribution is 7.92. The van der Waals surface area contributed by atoms with Crippen LogP contribution < -0.4 is 0 Å². The summed E-state index contributed by atoms with van der Waals surface area (Å²) in [5.74, 6) is 0. The smallest absolute Gasteiger partial charge is 0.181 e. The van der Waals surface area contributed by atoms with Crippen LogP contribution >= 0.6 is 0 Å². The average Bonchev–Trinajstić information content (AvgIpc) is 2.18. The summed E-state index contributed by atoms with van der Waals surface area (Å²) in [5.41, 5.74) is 0. The van der Waals surface area contributed by atoms with Crippen molar-refractivity contribution in [3.05, 3.63) is 30.3 Å². The quantitative estimate of drug-likeness (QED) is 0.852. The van der Waals surface area contributed by atoms with Gasteiger partial charge in [0.05, 0.1) is 16.2 Å². The van der Waals surface area contributed by atoms with E-state index in [0.717, 1.165) is 0 Å². The fraction of sp³-hybridized carbons (Fsp3) is 0.455. The number of hydrogen-bond acceptors (Lipinski definition) is 3. The zero-order valence-corrected chi connectivity index (χ0v) is 9.74. The molecule has 0 saturated heterocycles. The van der Waals surface area contributed by atoms with Crippen LogP contribution in [0.15, 0.2) is 35.2 Å². The Kier molecular flexibility index (Phi) is 3.88. The molecule has 0 aliphatic carbocycles. The molecule has 1 rings (SSSR count). The van der Waals surface area contributed by atoms with Crippen LogP contribution in [0.3, 0.4) is 0 Å². The Bertz CT molecular complexity index is 395. The van der Waals surface area contributed by atoms with Gasteiger partial charge in [-0.05, 0) is 32.4 Å². The third kappa shape index (κ3) is 3.04. The molecule has 0 radical (unpaired) electrons. The Morgan fingerprint density at radius 1 is 1.20 bits per heavy atom. The molecule has 0 aromatic heterocycles. The summed E-state index contributed by atoms with van der Waals surface area (Å²) < 4.78 is 23.9. The monoisotopic (exact) mass is 228 g/mol. The molecule has 15 heavy (non-hydrogen) atoms. The maximum atomic E-state index is 12.0. The minimum Gasteiger partial charge on any atom is -0.393 e. The SMILES string of the molecule is CC(C[C@H](C)O)S(=O)(=O)c1ccccc1. The van der Waals surface area contributed by atoms with Gasteiger partial charge in [-0.15, -0.1) is 0 Å². The molecule has 0 spiro atoms. The number of rotatable bonds is 4. The van der Waals surface area contributed by atoms with Crippen molar-refractivity contribution < 1.29 is 13.5 Å². The highest BCUT2D eigenvalue weighted by Gasteiger charge is 2.23. The third-order valence-electron chi connectivity index (χ3n) is 2.27. The molecule has 0 fully saturated rings. The molecular formula is C11H16O3S. The predicted molar refractivity (Wildman–Crippen MR) is 59.4 cm³/mol. The summed E-state index contributed by atoms with van der Waals surface area (Å²) in [5, 5.41) is 8.61. The van der Waals surface area contributed by atoms with Gasteiger partial charge in [-0.2, -0.15) is 0 Å². The van der Waals surface area contributed by atoms with Gasteiger partial charge in [0.1, 0.15) is 0 Å². The first-order chi connectivity index (χ1) is 6.94. The molecule has 1 N–H and O–H groups in total. The van der Waals surface area contributed by atoms with Crippen LogP contribution in [-0.4, -0.2) is 24.9 Å². The number of sulfone groups is 1. The summed E-state index contributed by atoms with van der Waals surface area (Å²) in [4.78, 5) is 0.318. The largest absolute Gasteiger partial charge is 0.393 e. The van der Waals surface area contributed by atoms with Gasteiger partial charge in [0.15, 0.2) is 9.84 Å². The van der Waals surface area contributed by atoms with Gasteiger partial charge in [0.2, 0.25) is 0 Å². The molecular weight excluding hydrogens is 212 g/mol. The van der Waals surface area contributed by atoms with Gasteiger partial charge in [-0.1, -0.05) is 18.2 Å². The van der Waals surface area contributed by atoms with E-state index in [-0.39, 0.29) is 6.42 Å². The van der Waals surface area contributed by atoms with Gasteiger partial charge < -0.3 is 5.11 Å². The van der Waals surface area contributed by atoms with Gasteiger partial charge in [0, 0.05) is 0 Å². The van der Waals surface area contributed by atoms with Crippen LogP contribution in [0.4, 0.5) is 0 Å². The van der Waals surface area contributed by atoms with E-state index in [0.29, 0.717) is 4.90 Å². The summed E-state index contributed by atoms with van der Waals surface area (Å²) in [6, 6.07) is 8.32. The Balaban J connectivity index is 2.94. The lowest BCUT2D eigenvalue weighted by atomic mass is 10.2. The molecule has 0 heterocycles. The molecule has 0 amide bonds. The van der Waals surface area contributed by atoms with Gasteiger partial charge in [-0.25, -0.2) is 8.42 Å². The summed E-state index contributed by atoms with van der Waals surface area (Å²) in [6.45, 7) is 3.21. The zero-order chi connectivity index (χ0) is 11.5. The molecule has 4 heteroatoms. The van der Waals surface area contributed by atoms with Crippen molar-refractivity contribution in [1.82, 2.24) is 0 Å². The van der Waals surface area contributed by atoms with E-state index >= 15 is 0 Å². The van der Waals surface area contributed by atoms with E-state index in [1.54, 1.807) is 44.2 Å². The first-order valence-corrected chi connectivity index (χ1v) is 6.46. The molecule has 0 bridgehead atoms. The summed E-state index contributed by atoms with van der Waals surface area (Å²) >= 11 is 0. The second kappa shape index (κ2) is 4.77. The molecule has 0 aliphatic rings. The van der Waals surface area contributed by atoms with Crippen LogP contribution in [0.5, 0.6) is 0 Å². The molecule has 0 saturated carbocycles. The predicted octanol–water partition coefficient (Wildman–Crippen LogP) is 1.62. The minimum absolute atomic E-state index is 0.261. The van der Waals surface area contributed by atoms with Crippen molar-refractivity contribution in [3.8, 4) is 0 Å². The van der Waals surface area contributed by atoms with Crippen LogP contribution in [0, 0.1) is 0 Å². The first kappa shape index (κ1) is 12.2. The fourth-order valence-electron chi connectivity index (χ4n) is 1.45. The highest BCUT2D eigenvalue weighted by Crippen LogP contribution is 2.18. The Hall–Kier alpha value is -0.870. The summed E-state index contributed by atoms with van der Waals surface area (Å²) in [6.07, 6.45) is -0.337. The van der Waals surface area contributed by atoms with Crippen molar-refractivity contribution in [2.24, 2.45) is 0 Å². The van der Waals surface area contributed by atoms with Gasteiger partial charge in [0.25, 0.3) is 0 Å². The van der Waals surface area contributed by atoms with E-state index in [4.69, 9.17) is 5.11 Å². The molecule has 1 aromatic rings. The number of benzene rings is 1. The zero-order valence-electron chi connectivity index (χ0n) is 8.92. The lowest BCUT2D eigenvalue weighted by molar-refractivity contribution is 0.184. The number of aliphatic hydroxyl groups is 1. The third-order valence-corrected chi connectivity index (χ3v) is 4.46. The normalized spacial score (nSPS) is 15.9. The molecule has 2 atom stereocenters. The second-order valence-electron chi connectivity index (χ2n) is 3.75. The molecule has 1 aromatic carbocycles. The van der Waals surface area contributed by atoms with E-state index < -0.39 is 21.2 Å². The van der Waals surface area contributed by atoms with Crippen molar-refractivity contribution in [2.45, 2.75) is 36.5 Å². The van der Waals surface area contributed by atoms with Crippen LogP contribution in [-0.2, 0) is 9.84 Å². The average molecular weight is 228 g/mol. The minimum atomic E-state index is -3.29. The van der Waals surface area contributed by atoms with Crippen LogP contribution in [0.1, 0.15) is 20.3 Å². The van der Waals surface area contributed by atoms with Crippen molar-refractivity contribution in [3.63, 3.8) is 0 Å². The maximum absolute atomic E-state index is 12.0. The van der Waals surface area contributed by atoms with Crippen LogP contribution in [0.25, 0.3) is 0 Å². The number of hydrogen-bond donors (Lipinski definition) is 1. The number of aliphatic hydroxyl groups excluding tert-OH is 1. The van der Waals surface area contributed by atoms with Crippen molar-refractivity contribution >= 4 is 9.84 Å². The van der Waals surface area contributed by atoms with E-state index in [9.17, 15) is 8.42 Å². The summed E-state index contributed by atoms with van der Waals surface area (Å²) in [7, 11) is -3.29. The Morgan fingerprint density at radius 2 is 1.73 bits per heavy atom. The molecule has 1 unspecified atom stereocenters.